The van der Waals surface area contributed by atoms with Gasteiger partial charge in [0.25, 0.3) is 5.56 Å². The van der Waals surface area contributed by atoms with Gasteiger partial charge in [0.2, 0.25) is 53.4 Å². The Morgan fingerprint density at radius 1 is 0.782 bits per heavy atom. The number of aliphatic hydroxyl groups is 5. The van der Waals surface area contributed by atoms with Crippen molar-refractivity contribution in [3.8, 4) is 57.1 Å². The Bertz CT molecular complexity index is 4620. The molecule has 5 aliphatic rings. The number of aromatic nitrogens is 3. The number of nitrogens with zero attached hydrogens (tertiary/aromatic N) is 2. The Kier molecular flexibility index (Phi) is 25.6. The van der Waals surface area contributed by atoms with Crippen LogP contribution < -0.4 is 68.9 Å². The van der Waals surface area contributed by atoms with Crippen LogP contribution in [0.3, 0.4) is 0 Å². The smallest absolute Gasteiger partial charge is 0.330 e. The number of aromatic hydroxyl groups is 3. The first-order chi connectivity index (χ1) is 51.8. The minimum Gasteiger partial charge on any atom is -0.508 e. The molecule has 7 amide bonds. The third kappa shape index (κ3) is 18.4. The molecule has 1 aromatic heterocycles. The van der Waals surface area contributed by atoms with Gasteiger partial charge in [-0.15, -0.1) is 10.2 Å². The number of aliphatic carboxylic acids is 1. The number of H-pyrrole nitrogens is 1. The Balaban J connectivity index is 1.16. The van der Waals surface area contributed by atoms with E-state index in [0.717, 1.165) is 48.2 Å². The molecule has 22 N–H and O–H groups in total. The highest BCUT2D eigenvalue weighted by molar-refractivity contribution is 7.99. The van der Waals surface area contributed by atoms with Crippen molar-refractivity contribution >= 4 is 82.3 Å². The molecule has 8 bridgehead atoms. The molecule has 2 saturated heterocycles. The minimum absolute atomic E-state index is 0.0291. The van der Waals surface area contributed by atoms with Crippen molar-refractivity contribution in [2.75, 3.05) is 12.8 Å². The third-order valence-electron chi connectivity index (χ3n) is 18.9. The van der Waals surface area contributed by atoms with Gasteiger partial charge in [-0.25, -0.2) is 4.79 Å². The Labute approximate surface area is 640 Å². The molecular weight excluding hydrogens is 1510 g/mol. The Morgan fingerprint density at radius 2 is 1.50 bits per heavy atom. The molecule has 5 aromatic carbocycles. The second-order valence-corrected chi connectivity index (χ2v) is 29.4. The zero-order chi connectivity index (χ0) is 80.4. The molecule has 18 atom stereocenters. The first-order valence-electron chi connectivity index (χ1n) is 34.2. The molecular formula is C71H82Cl2N12O24S. The number of carboxylic acid groups (broad SMARTS) is 1. The molecule has 2 fully saturated rings. The number of aryl methyl sites for hydroxylation is 1. The molecule has 11 rings (SSSR count). The van der Waals surface area contributed by atoms with E-state index in [9.17, 15) is 79.5 Å². The Hall–Kier alpha value is -10.0. The van der Waals surface area contributed by atoms with E-state index in [1.54, 1.807) is 0 Å². The predicted octanol–water partition coefficient (Wildman–Crippen LogP) is 1.11. The predicted molar refractivity (Wildman–Crippen MR) is 387 cm³/mol. The van der Waals surface area contributed by atoms with E-state index in [4.69, 9.17) is 68.8 Å². The fourth-order valence-corrected chi connectivity index (χ4v) is 14.1. The van der Waals surface area contributed by atoms with Crippen molar-refractivity contribution in [3.63, 3.8) is 0 Å². The van der Waals surface area contributed by atoms with Crippen LogP contribution in [0.2, 0.25) is 10.0 Å². The van der Waals surface area contributed by atoms with E-state index < -0.39 is 219 Å². The maximum absolute atomic E-state index is 15.4. The summed E-state index contributed by atoms with van der Waals surface area (Å²) in [6.07, 6.45) is -17.8. The first-order valence-corrected chi connectivity index (χ1v) is 36.0. The third-order valence-corrected chi connectivity index (χ3v) is 20.4. The van der Waals surface area contributed by atoms with Crippen LogP contribution in [0.15, 0.2) is 88.8 Å². The number of hydrogen-bond donors (Lipinski definition) is 19. The fraction of sp³-hybridized carbons (Fsp3) is 0.423. The molecule has 0 saturated carbocycles. The Morgan fingerprint density at radius 3 is 2.15 bits per heavy atom. The standard InChI is InChI=1S/C71H82Cl2N12O24S/c1-25(2)14-39(77-7)64(98)81-52(66(100)78-38(61(75)95)22-47(74)89)54(90)30-9-12-42(36(72)16-30)105-44-18-32-19-45(58(44)109-69-59(108-48-23-71(6,76)60(94)28(5)104-48)57(93)56(92)46(107-69)24-110-70-83-63(97)27(4)84-85-70)106-43-13-10-31(17-37(43)73)55(91)53-67(101)80-51(68(102)103)35-20-33(86)21-41(88)49(35)34-15-29(8-11-40(34)87)50(65(99)82-53)79-62(96)26(32)3/h8-13,15-21,25-26,28,38-39,46,48,50-57,59-60,69,77,86-88,90-94H,14,22-24,76H2,1-7H3,(H2,74,89)(H2,75,95)(H,78,100)(H,79,96)(H,80,101)(H,81,98)(H,82,99)(H,102,103)(H,83,85,97). The van der Waals surface area contributed by atoms with Gasteiger partial charge in [-0.2, -0.15) is 0 Å². The number of nitrogens with two attached hydrogens (primary N) is 3. The lowest BCUT2D eigenvalue weighted by Gasteiger charge is -2.47. The number of aliphatic hydroxyl groups excluding tert-OH is 5. The number of carbonyl (C=O) groups is 8. The molecule has 0 aliphatic carbocycles. The molecule has 0 spiro atoms. The number of ether oxygens (including phenoxy) is 6. The van der Waals surface area contributed by atoms with Crippen molar-refractivity contribution in [2.45, 2.75) is 175 Å². The number of benzene rings is 5. The van der Waals surface area contributed by atoms with Gasteiger partial charge in [0.05, 0.1) is 46.7 Å². The number of carboxylic acids is 1. The van der Waals surface area contributed by atoms with Crippen LogP contribution >= 0.6 is 35.0 Å². The van der Waals surface area contributed by atoms with Crippen molar-refractivity contribution < 1.29 is 113 Å². The quantitative estimate of drug-likeness (QED) is 0.0423. The number of aromatic amines is 1. The summed E-state index contributed by atoms with van der Waals surface area (Å²) >= 11 is 15.1. The highest BCUT2D eigenvalue weighted by Crippen LogP contribution is 2.50. The number of primary amides is 2. The summed E-state index contributed by atoms with van der Waals surface area (Å²) in [6, 6.07) is 3.53. The van der Waals surface area contributed by atoms with Crippen LogP contribution in [0.5, 0.6) is 46.0 Å². The zero-order valence-electron chi connectivity index (χ0n) is 59.7. The van der Waals surface area contributed by atoms with E-state index in [1.807, 2.05) is 13.8 Å². The van der Waals surface area contributed by atoms with E-state index in [2.05, 4.69) is 47.1 Å². The number of phenolic OH excluding ortho intramolecular Hbond substituents is 3. The molecule has 39 heteroatoms. The number of amides is 7. The number of phenols is 3. The maximum Gasteiger partial charge on any atom is 0.330 e. The molecule has 0 radical (unpaired) electrons. The summed E-state index contributed by atoms with van der Waals surface area (Å²) < 4.78 is 39.3. The minimum atomic E-state index is -2.19. The summed E-state index contributed by atoms with van der Waals surface area (Å²) in [5, 5.41) is 126. The number of halogens is 2. The van der Waals surface area contributed by atoms with Crippen LogP contribution in [-0.4, -0.2) is 200 Å². The lowest BCUT2D eigenvalue weighted by molar-refractivity contribution is -0.329. The van der Waals surface area contributed by atoms with Gasteiger partial charge in [0, 0.05) is 40.5 Å². The highest BCUT2D eigenvalue weighted by atomic mass is 35.5. The zero-order valence-corrected chi connectivity index (χ0v) is 62.0. The highest BCUT2D eigenvalue weighted by Gasteiger charge is 2.52. The van der Waals surface area contributed by atoms with E-state index >= 15 is 9.59 Å². The molecule has 6 heterocycles. The normalized spacial score (nSPS) is 25.8. The van der Waals surface area contributed by atoms with E-state index in [0.29, 0.717) is 0 Å². The van der Waals surface area contributed by atoms with Crippen molar-refractivity contribution in [1.29, 1.82) is 0 Å². The van der Waals surface area contributed by atoms with Crippen LogP contribution in [0, 0.1) is 12.8 Å². The van der Waals surface area contributed by atoms with Gasteiger partial charge in [-0.3, -0.25) is 43.3 Å². The number of fused-ring (bicyclic) bond motifs is 8. The SMILES string of the molecule is CNC(CC(C)C)C(=O)NC(C(=O)NC(CC(N)=O)C(N)=O)C(O)c1ccc(Oc2cc3cc(c2OC2OC(CSc4nnc(C)c(=O)[nH]4)C(O)C(O)C2OC2CC(C)(N)C(O)C(C)O2)Oc2ccc(cc2Cl)C(O)C2NC(=O)C(NC(=O)C3C)c3ccc(O)c(c3)-c3c(O)cc(O)cc3C(C(=O)O)NC2=O)c(Cl)c1. The van der Waals surface area contributed by atoms with Gasteiger partial charge >= 0.3 is 5.97 Å². The van der Waals surface area contributed by atoms with Gasteiger partial charge in [0.15, 0.2) is 35.1 Å². The van der Waals surface area contributed by atoms with Crippen LogP contribution in [0.1, 0.15) is 118 Å². The van der Waals surface area contributed by atoms with Crippen molar-refractivity contribution in [1.82, 2.24) is 47.1 Å². The fourth-order valence-electron chi connectivity index (χ4n) is 12.8. The monoisotopic (exact) mass is 1590 g/mol. The molecule has 6 aromatic rings. The number of carbonyl (C=O) groups excluding carboxylic acids is 7. The maximum atomic E-state index is 15.4. The molecule has 36 nitrogen and oxygen atoms in total. The molecule has 590 valence electrons. The van der Waals surface area contributed by atoms with Gasteiger partial charge in [-0.05, 0) is 124 Å². The van der Waals surface area contributed by atoms with Crippen molar-refractivity contribution in [3.05, 3.63) is 133 Å². The lowest BCUT2D eigenvalue weighted by Crippen LogP contribution is -2.64. The number of thioether (sulfide) groups is 1. The number of nitrogens with one attached hydrogen (secondary N) is 7. The second kappa shape index (κ2) is 34.1. The topological polar surface area (TPSA) is 583 Å². The molecule has 18 unspecified atom stereocenters. The summed E-state index contributed by atoms with van der Waals surface area (Å²) in [7, 11) is 1.49. The number of hydrogen-bond acceptors (Lipinski definition) is 28. The van der Waals surface area contributed by atoms with Gasteiger partial charge in [0.1, 0.15) is 83.0 Å². The number of rotatable bonds is 22. The van der Waals surface area contributed by atoms with Crippen LogP contribution in [0.4, 0.5) is 0 Å². The number of likely N-dealkylation sites (N-methyl/N-ethyl adjacent to an activating group) is 1. The summed E-state index contributed by atoms with van der Waals surface area (Å²) in [5.41, 5.74) is 13.4. The second-order valence-electron chi connectivity index (χ2n) is 27.6. The lowest BCUT2D eigenvalue weighted by atomic mass is 9.86. The largest absolute Gasteiger partial charge is 0.508 e. The van der Waals surface area contributed by atoms with Crippen LogP contribution in [0.25, 0.3) is 11.1 Å². The van der Waals surface area contributed by atoms with Gasteiger partial charge in [-0.1, -0.05) is 67.0 Å². The molecule has 5 aliphatic heterocycles. The van der Waals surface area contributed by atoms with E-state index in [1.165, 1.54) is 77.2 Å². The van der Waals surface area contributed by atoms with E-state index in [-0.39, 0.29) is 79.7 Å². The van der Waals surface area contributed by atoms with Gasteiger partial charge < -0.3 is 123 Å². The summed E-state index contributed by atoms with van der Waals surface area (Å²) in [4.78, 5) is 126. The average molecular weight is 1590 g/mol. The van der Waals surface area contributed by atoms with Crippen molar-refractivity contribution in [2.24, 2.45) is 23.1 Å². The average Bonchev–Trinajstić information content (AvgIpc) is 0.768. The summed E-state index contributed by atoms with van der Waals surface area (Å²) in [6.45, 7) is 9.44. The summed E-state index contributed by atoms with van der Waals surface area (Å²) in [5.74, 6) is -15.9. The first kappa shape index (κ1) is 82.5. The molecule has 110 heavy (non-hydrogen) atoms. The van der Waals surface area contributed by atoms with Crippen LogP contribution in [-0.2, 0) is 52.6 Å².